The van der Waals surface area contributed by atoms with E-state index in [1.165, 1.54) is 6.42 Å². The van der Waals surface area contributed by atoms with Gasteiger partial charge in [0.15, 0.2) is 5.83 Å². The molecule has 17 heavy (non-hydrogen) atoms. The maximum atomic E-state index is 13.7. The number of benzene rings is 1. The van der Waals surface area contributed by atoms with E-state index in [2.05, 4.69) is 18.8 Å². The summed E-state index contributed by atoms with van der Waals surface area (Å²) in [5.74, 6) is 5.18. The second kappa shape index (κ2) is 7.68. The van der Waals surface area contributed by atoms with Gasteiger partial charge in [0.05, 0.1) is 0 Å². The van der Waals surface area contributed by atoms with Gasteiger partial charge >= 0.3 is 0 Å². The van der Waals surface area contributed by atoms with Crippen molar-refractivity contribution >= 4 is 5.57 Å². The predicted octanol–water partition coefficient (Wildman–Crippen LogP) is 4.97. The van der Waals surface area contributed by atoms with Gasteiger partial charge in [0.1, 0.15) is 0 Å². The largest absolute Gasteiger partial charge is 0.197 e. The average Bonchev–Trinajstić information content (AvgIpc) is 2.38. The van der Waals surface area contributed by atoms with Crippen LogP contribution in [0.3, 0.4) is 0 Å². The van der Waals surface area contributed by atoms with Gasteiger partial charge in [-0.2, -0.15) is 4.39 Å². The molecule has 1 rings (SSSR count). The topological polar surface area (TPSA) is 0 Å². The highest BCUT2D eigenvalue weighted by Crippen LogP contribution is 2.18. The molecule has 0 bridgehead atoms. The molecule has 0 aliphatic heterocycles. The maximum absolute atomic E-state index is 13.7. The Bertz CT molecular complexity index is 418. The first-order valence-electron chi connectivity index (χ1n) is 6.16. The highest BCUT2D eigenvalue weighted by molar-refractivity contribution is 5.68. The number of rotatable bonds is 4. The van der Waals surface area contributed by atoms with Crippen LogP contribution in [0.1, 0.15) is 45.1 Å². The van der Waals surface area contributed by atoms with Crippen LogP contribution < -0.4 is 0 Å². The van der Waals surface area contributed by atoms with Crippen LogP contribution in [0.15, 0.2) is 36.2 Å². The average molecular weight is 230 g/mol. The van der Waals surface area contributed by atoms with E-state index in [-0.39, 0.29) is 5.83 Å². The van der Waals surface area contributed by atoms with Gasteiger partial charge in [0, 0.05) is 12.0 Å². The Labute approximate surface area is 104 Å². The monoisotopic (exact) mass is 230 g/mol. The summed E-state index contributed by atoms with van der Waals surface area (Å²) in [5.41, 5.74) is 1.52. The normalized spacial score (nSPS) is 11.5. The fraction of sp³-hybridized carbons (Fsp3) is 0.375. The molecule has 0 saturated carbocycles. The number of hydrogen-bond acceptors (Lipinski definition) is 0. The predicted molar refractivity (Wildman–Crippen MR) is 72.1 cm³/mol. The quantitative estimate of drug-likeness (QED) is 0.506. The molecule has 0 radical (unpaired) electrons. The van der Waals surface area contributed by atoms with Crippen molar-refractivity contribution in [3.05, 3.63) is 41.7 Å². The van der Waals surface area contributed by atoms with Crippen molar-refractivity contribution < 1.29 is 4.39 Å². The first-order valence-corrected chi connectivity index (χ1v) is 6.16. The Morgan fingerprint density at radius 2 is 1.88 bits per heavy atom. The second-order valence-electron chi connectivity index (χ2n) is 4.06. The molecular formula is C16H19F. The van der Waals surface area contributed by atoms with Crippen LogP contribution in [-0.2, 0) is 0 Å². The van der Waals surface area contributed by atoms with E-state index in [0.717, 1.165) is 24.8 Å². The van der Waals surface area contributed by atoms with Crippen LogP contribution in [0.5, 0.6) is 0 Å². The van der Waals surface area contributed by atoms with Crippen molar-refractivity contribution in [3.63, 3.8) is 0 Å². The fourth-order valence-corrected chi connectivity index (χ4v) is 1.51. The van der Waals surface area contributed by atoms with Crippen LogP contribution in [0.2, 0.25) is 0 Å². The lowest BCUT2D eigenvalue weighted by Gasteiger charge is -1.99. The van der Waals surface area contributed by atoms with Crippen LogP contribution in [0.4, 0.5) is 4.39 Å². The van der Waals surface area contributed by atoms with Gasteiger partial charge in [-0.25, -0.2) is 0 Å². The van der Waals surface area contributed by atoms with Crippen molar-refractivity contribution in [1.82, 2.24) is 0 Å². The number of unbranched alkanes of at least 4 members (excludes halogenated alkanes) is 3. The fourth-order valence-electron chi connectivity index (χ4n) is 1.51. The molecule has 0 unspecified atom stereocenters. The minimum absolute atomic E-state index is 0.312. The van der Waals surface area contributed by atoms with Gasteiger partial charge < -0.3 is 0 Å². The molecule has 0 spiro atoms. The summed E-state index contributed by atoms with van der Waals surface area (Å²) in [6, 6.07) is 9.52. The molecule has 0 amide bonds. The van der Waals surface area contributed by atoms with Gasteiger partial charge in [-0.1, -0.05) is 56.0 Å². The molecule has 0 aliphatic carbocycles. The lowest BCUT2D eigenvalue weighted by Crippen LogP contribution is -1.81. The Morgan fingerprint density at radius 3 is 2.53 bits per heavy atom. The summed E-state index contributed by atoms with van der Waals surface area (Å²) in [7, 11) is 0. The molecule has 0 nitrogen and oxygen atoms in total. The third-order valence-electron chi connectivity index (χ3n) is 2.64. The molecule has 0 heterocycles. The van der Waals surface area contributed by atoms with Gasteiger partial charge in [-0.3, -0.25) is 0 Å². The van der Waals surface area contributed by atoms with Gasteiger partial charge in [0.2, 0.25) is 0 Å². The molecule has 0 N–H and O–H groups in total. The number of hydrogen-bond donors (Lipinski definition) is 0. The molecule has 0 fully saturated rings. The van der Waals surface area contributed by atoms with Crippen molar-refractivity contribution in [2.24, 2.45) is 0 Å². The van der Waals surface area contributed by atoms with E-state index in [0.29, 0.717) is 5.57 Å². The van der Waals surface area contributed by atoms with Crippen LogP contribution in [-0.4, -0.2) is 0 Å². The van der Waals surface area contributed by atoms with Gasteiger partial charge in [0.25, 0.3) is 0 Å². The maximum Gasteiger partial charge on any atom is 0.176 e. The zero-order valence-corrected chi connectivity index (χ0v) is 10.6. The summed E-state index contributed by atoms with van der Waals surface area (Å²) in [5, 5.41) is 0. The number of allylic oxidation sites excluding steroid dienone is 2. The summed E-state index contributed by atoms with van der Waals surface area (Å²) < 4.78 is 13.7. The van der Waals surface area contributed by atoms with Crippen LogP contribution >= 0.6 is 0 Å². The summed E-state index contributed by atoms with van der Waals surface area (Å²) >= 11 is 0. The molecular weight excluding hydrogens is 211 g/mol. The SMILES string of the molecule is CCCCCC#C/C(F)=C(\C)c1ccccc1. The van der Waals surface area contributed by atoms with E-state index < -0.39 is 0 Å². The van der Waals surface area contributed by atoms with Gasteiger partial charge in [-0.15, -0.1) is 0 Å². The van der Waals surface area contributed by atoms with Crippen LogP contribution in [0.25, 0.3) is 5.57 Å². The summed E-state index contributed by atoms with van der Waals surface area (Å²) in [6.07, 6.45) is 4.17. The highest BCUT2D eigenvalue weighted by Gasteiger charge is 2.00. The Hall–Kier alpha value is -1.55. The smallest absolute Gasteiger partial charge is 0.176 e. The first kappa shape index (κ1) is 13.5. The molecule has 1 heteroatoms. The Balaban J connectivity index is 2.64. The van der Waals surface area contributed by atoms with E-state index in [1.54, 1.807) is 6.92 Å². The third-order valence-corrected chi connectivity index (χ3v) is 2.64. The van der Waals surface area contributed by atoms with E-state index in [4.69, 9.17) is 0 Å². The van der Waals surface area contributed by atoms with E-state index in [1.807, 2.05) is 30.3 Å². The molecule has 0 aromatic heterocycles. The zero-order chi connectivity index (χ0) is 12.5. The van der Waals surface area contributed by atoms with Crippen molar-refractivity contribution in [2.45, 2.75) is 39.5 Å². The minimum Gasteiger partial charge on any atom is -0.197 e. The van der Waals surface area contributed by atoms with E-state index in [9.17, 15) is 4.39 Å². The van der Waals surface area contributed by atoms with Crippen molar-refractivity contribution in [2.75, 3.05) is 0 Å². The Morgan fingerprint density at radius 1 is 1.18 bits per heavy atom. The summed E-state index contributed by atoms with van der Waals surface area (Å²) in [6.45, 7) is 3.92. The molecule has 1 aromatic rings. The second-order valence-corrected chi connectivity index (χ2v) is 4.06. The molecule has 0 saturated heterocycles. The zero-order valence-electron chi connectivity index (χ0n) is 10.6. The lowest BCUT2D eigenvalue weighted by molar-refractivity contribution is 0.677. The first-order chi connectivity index (χ1) is 8.25. The van der Waals surface area contributed by atoms with Crippen molar-refractivity contribution in [3.8, 4) is 11.8 Å². The van der Waals surface area contributed by atoms with Crippen molar-refractivity contribution in [1.29, 1.82) is 0 Å². The molecule has 0 atom stereocenters. The molecule has 0 aliphatic rings. The molecule has 90 valence electrons. The standard InChI is InChI=1S/C16H19F/c1-3-4-5-6-10-13-16(17)14(2)15-11-8-7-9-12-15/h7-9,11-12H,3-6H2,1-2H3/b16-14-. The van der Waals surface area contributed by atoms with Crippen LogP contribution in [0, 0.1) is 11.8 Å². The Kier molecular flexibility index (Phi) is 6.10. The third kappa shape index (κ3) is 4.87. The van der Waals surface area contributed by atoms with E-state index >= 15 is 0 Å². The highest BCUT2D eigenvalue weighted by atomic mass is 19.1. The molecule has 1 aromatic carbocycles. The number of halogens is 1. The minimum atomic E-state index is -0.312. The van der Waals surface area contributed by atoms with Gasteiger partial charge in [-0.05, 0) is 24.8 Å². The lowest BCUT2D eigenvalue weighted by atomic mass is 10.1. The summed E-state index contributed by atoms with van der Waals surface area (Å²) in [4.78, 5) is 0.